The largest absolute Gasteiger partial charge is 0.352 e. The van der Waals surface area contributed by atoms with Crippen molar-refractivity contribution in [3.63, 3.8) is 0 Å². The highest BCUT2D eigenvalue weighted by molar-refractivity contribution is 7.92. The highest BCUT2D eigenvalue weighted by Gasteiger charge is 2.27. The molecule has 0 heterocycles. The first-order valence-electron chi connectivity index (χ1n) is 11.4. The molecule has 7 nitrogen and oxygen atoms in total. The monoisotopic (exact) mass is 491 g/mol. The summed E-state index contributed by atoms with van der Waals surface area (Å²) in [5.74, 6) is -1.13. The molecule has 2 aromatic carbocycles. The number of rotatable bonds is 12. The highest BCUT2D eigenvalue weighted by Crippen LogP contribution is 2.19. The number of carbonyl (C=O) groups is 2. The number of nitrogens with one attached hydrogen (secondary N) is 1. The molecule has 1 N–H and O–H groups in total. The Balaban J connectivity index is 2.16. The van der Waals surface area contributed by atoms with E-state index in [0.717, 1.165) is 12.7 Å². The molecule has 0 fully saturated rings. The van der Waals surface area contributed by atoms with Gasteiger partial charge in [0, 0.05) is 31.1 Å². The summed E-state index contributed by atoms with van der Waals surface area (Å²) in [5.41, 5.74) is 0.822. The Kier molecular flexibility index (Phi) is 10.0. The number of anilines is 1. The summed E-state index contributed by atoms with van der Waals surface area (Å²) in [4.78, 5) is 27.3. The van der Waals surface area contributed by atoms with E-state index in [1.165, 1.54) is 15.3 Å². The Morgan fingerprint density at radius 1 is 1.03 bits per heavy atom. The van der Waals surface area contributed by atoms with Crippen molar-refractivity contribution in [2.75, 3.05) is 17.1 Å². The number of benzene rings is 2. The topological polar surface area (TPSA) is 86.8 Å². The van der Waals surface area contributed by atoms with Crippen molar-refractivity contribution in [1.29, 1.82) is 0 Å². The molecular weight excluding hydrogens is 457 g/mol. The van der Waals surface area contributed by atoms with Gasteiger partial charge in [0.15, 0.2) is 0 Å². The molecule has 0 radical (unpaired) electrons. The smallest absolute Gasteiger partial charge is 0.242 e. The van der Waals surface area contributed by atoms with Gasteiger partial charge in [-0.2, -0.15) is 0 Å². The van der Waals surface area contributed by atoms with E-state index in [0.29, 0.717) is 11.3 Å². The van der Waals surface area contributed by atoms with Gasteiger partial charge < -0.3 is 10.2 Å². The van der Waals surface area contributed by atoms with Gasteiger partial charge in [-0.15, -0.1) is 0 Å². The minimum atomic E-state index is -3.54. The number of hydrogen-bond acceptors (Lipinski definition) is 4. The van der Waals surface area contributed by atoms with Crippen LogP contribution in [0.1, 0.15) is 45.6 Å². The molecule has 2 amide bonds. The zero-order valence-electron chi connectivity index (χ0n) is 20.2. The third kappa shape index (κ3) is 7.83. The van der Waals surface area contributed by atoms with E-state index in [1.807, 2.05) is 13.8 Å². The number of para-hydroxylation sites is 1. The number of sulfonamides is 1. The van der Waals surface area contributed by atoms with Crippen LogP contribution in [-0.4, -0.2) is 50.0 Å². The van der Waals surface area contributed by atoms with Gasteiger partial charge in [-0.3, -0.25) is 13.9 Å². The zero-order valence-corrected chi connectivity index (χ0v) is 21.0. The maximum atomic E-state index is 14.3. The maximum Gasteiger partial charge on any atom is 0.242 e. The lowest BCUT2D eigenvalue weighted by atomic mass is 10.1. The van der Waals surface area contributed by atoms with E-state index in [-0.39, 0.29) is 43.8 Å². The Morgan fingerprint density at radius 2 is 1.65 bits per heavy atom. The van der Waals surface area contributed by atoms with Gasteiger partial charge in [0.2, 0.25) is 21.8 Å². The van der Waals surface area contributed by atoms with Crippen LogP contribution < -0.4 is 9.62 Å². The predicted molar refractivity (Wildman–Crippen MR) is 132 cm³/mol. The molecule has 34 heavy (non-hydrogen) atoms. The maximum absolute atomic E-state index is 14.3. The Hall–Kier alpha value is -2.94. The van der Waals surface area contributed by atoms with Crippen LogP contribution in [0.15, 0.2) is 54.6 Å². The lowest BCUT2D eigenvalue weighted by Gasteiger charge is -2.30. The first-order chi connectivity index (χ1) is 16.0. The van der Waals surface area contributed by atoms with Crippen LogP contribution in [0.25, 0.3) is 0 Å². The minimum Gasteiger partial charge on any atom is -0.352 e. The third-order valence-electron chi connectivity index (χ3n) is 5.66. The van der Waals surface area contributed by atoms with Crippen LogP contribution in [0.5, 0.6) is 0 Å². The highest BCUT2D eigenvalue weighted by atomic mass is 32.2. The van der Waals surface area contributed by atoms with Crippen molar-refractivity contribution in [2.24, 2.45) is 0 Å². The summed E-state index contributed by atoms with van der Waals surface area (Å²) in [6, 6.07) is 13.9. The number of carbonyl (C=O) groups excluding carboxylic acids is 2. The van der Waals surface area contributed by atoms with Crippen LogP contribution in [0.2, 0.25) is 0 Å². The Bertz CT molecular complexity index is 1060. The first-order valence-corrected chi connectivity index (χ1v) is 13.3. The van der Waals surface area contributed by atoms with Crippen molar-refractivity contribution in [3.05, 3.63) is 66.0 Å². The van der Waals surface area contributed by atoms with Crippen molar-refractivity contribution >= 4 is 27.5 Å². The van der Waals surface area contributed by atoms with Crippen molar-refractivity contribution in [3.8, 4) is 0 Å². The van der Waals surface area contributed by atoms with Gasteiger partial charge in [0.25, 0.3) is 0 Å². The zero-order chi connectivity index (χ0) is 25.3. The van der Waals surface area contributed by atoms with Crippen LogP contribution >= 0.6 is 0 Å². The summed E-state index contributed by atoms with van der Waals surface area (Å²) < 4.78 is 40.1. The lowest BCUT2D eigenvalue weighted by Crippen LogP contribution is -2.49. The van der Waals surface area contributed by atoms with Gasteiger partial charge in [0.05, 0.1) is 11.9 Å². The second-order valence-corrected chi connectivity index (χ2v) is 10.3. The summed E-state index contributed by atoms with van der Waals surface area (Å²) in [7, 11) is -3.54. The summed E-state index contributed by atoms with van der Waals surface area (Å²) in [6.45, 7) is 5.48. The van der Waals surface area contributed by atoms with Crippen molar-refractivity contribution < 1.29 is 22.4 Å². The fourth-order valence-corrected chi connectivity index (χ4v) is 4.42. The number of amides is 2. The second kappa shape index (κ2) is 12.5. The summed E-state index contributed by atoms with van der Waals surface area (Å²) in [6.07, 6.45) is 2.11. The molecule has 0 unspecified atom stereocenters. The molecule has 2 atom stereocenters. The van der Waals surface area contributed by atoms with Crippen LogP contribution in [0, 0.1) is 5.82 Å². The standard InChI is InChI=1S/C25H34FN3O4S/c1-5-19(2)27-25(31)20(3)28(18-21-12-9-10-15-23(21)26)24(30)16-11-17-29(34(4,32)33)22-13-7-6-8-14-22/h6-10,12-15,19-20H,5,11,16-18H2,1-4H3,(H,27,31)/t19-,20-/m1/s1. The Morgan fingerprint density at radius 3 is 2.24 bits per heavy atom. The van der Waals surface area contributed by atoms with Gasteiger partial charge in [0.1, 0.15) is 11.9 Å². The SMILES string of the molecule is CC[C@@H](C)NC(=O)[C@@H](C)N(Cc1ccccc1F)C(=O)CCCN(c1ccccc1)S(C)(=O)=O. The summed E-state index contributed by atoms with van der Waals surface area (Å²) >= 11 is 0. The minimum absolute atomic E-state index is 0.00819. The molecule has 0 spiro atoms. The van der Waals surface area contributed by atoms with Crippen LogP contribution in [-0.2, 0) is 26.2 Å². The van der Waals surface area contributed by atoms with E-state index in [4.69, 9.17) is 0 Å². The second-order valence-electron chi connectivity index (χ2n) is 8.38. The van der Waals surface area contributed by atoms with E-state index < -0.39 is 21.9 Å². The number of hydrogen-bond donors (Lipinski definition) is 1. The Labute approximate surface area is 202 Å². The molecule has 0 aliphatic heterocycles. The fourth-order valence-electron chi connectivity index (χ4n) is 3.46. The van der Waals surface area contributed by atoms with Crippen LogP contribution in [0.4, 0.5) is 10.1 Å². The van der Waals surface area contributed by atoms with E-state index >= 15 is 0 Å². The molecule has 0 aromatic heterocycles. The van der Waals surface area contributed by atoms with Crippen molar-refractivity contribution in [1.82, 2.24) is 10.2 Å². The molecule has 0 saturated heterocycles. The normalized spacial score (nSPS) is 13.1. The molecule has 0 bridgehead atoms. The molecule has 9 heteroatoms. The van der Waals surface area contributed by atoms with Crippen molar-refractivity contribution in [2.45, 2.75) is 58.7 Å². The van der Waals surface area contributed by atoms with E-state index in [9.17, 15) is 22.4 Å². The van der Waals surface area contributed by atoms with E-state index in [1.54, 1.807) is 55.5 Å². The third-order valence-corrected chi connectivity index (χ3v) is 6.86. The van der Waals surface area contributed by atoms with Crippen LogP contribution in [0.3, 0.4) is 0 Å². The molecular formula is C25H34FN3O4S. The van der Waals surface area contributed by atoms with Gasteiger partial charge in [-0.1, -0.05) is 43.3 Å². The fraction of sp³-hybridized carbons (Fsp3) is 0.440. The number of nitrogens with zero attached hydrogens (tertiary/aromatic N) is 2. The predicted octanol–water partition coefficient (Wildman–Crippen LogP) is 3.70. The average molecular weight is 492 g/mol. The molecule has 0 aliphatic rings. The average Bonchev–Trinajstić information content (AvgIpc) is 2.80. The quantitative estimate of drug-likeness (QED) is 0.491. The molecule has 2 aromatic rings. The molecule has 2 rings (SSSR count). The number of halogens is 1. The summed E-state index contributed by atoms with van der Waals surface area (Å²) in [5, 5.41) is 2.87. The molecule has 0 aliphatic carbocycles. The lowest BCUT2D eigenvalue weighted by molar-refractivity contribution is -0.141. The van der Waals surface area contributed by atoms with Gasteiger partial charge >= 0.3 is 0 Å². The first kappa shape index (κ1) is 27.3. The van der Waals surface area contributed by atoms with Gasteiger partial charge in [-0.25, -0.2) is 12.8 Å². The molecule has 0 saturated carbocycles. The van der Waals surface area contributed by atoms with Gasteiger partial charge in [-0.05, 0) is 44.9 Å². The molecule has 186 valence electrons. The van der Waals surface area contributed by atoms with E-state index in [2.05, 4.69) is 5.32 Å².